The summed E-state index contributed by atoms with van der Waals surface area (Å²) in [5, 5.41) is 0. The highest BCUT2D eigenvalue weighted by Crippen LogP contribution is 2.48. The summed E-state index contributed by atoms with van der Waals surface area (Å²) in [5.41, 5.74) is 4.02. The second kappa shape index (κ2) is 8.61. The molecule has 0 atom stereocenters. The summed E-state index contributed by atoms with van der Waals surface area (Å²) < 4.78 is 10.9. The fraction of sp³-hybridized carbons (Fsp3) is 0.583. The highest BCUT2D eigenvalue weighted by atomic mass is 16.5. The van der Waals surface area contributed by atoms with Gasteiger partial charge in [0.15, 0.2) is 5.82 Å². The van der Waals surface area contributed by atoms with E-state index in [4.69, 9.17) is 19.4 Å². The average Bonchev–Trinajstić information content (AvgIpc) is 3.17. The number of fused-ring (bicyclic) bond motifs is 2. The number of rotatable bonds is 5. The van der Waals surface area contributed by atoms with E-state index in [2.05, 4.69) is 40.1 Å². The maximum Gasteiger partial charge on any atom is 0.161 e. The molecule has 0 N–H and O–H groups in total. The molecule has 0 radical (unpaired) electrons. The number of methoxy groups -OCH3 is 1. The summed E-state index contributed by atoms with van der Waals surface area (Å²) in [4.78, 5) is 15.3. The van der Waals surface area contributed by atoms with Crippen molar-refractivity contribution >= 4 is 5.82 Å². The van der Waals surface area contributed by atoms with Crippen LogP contribution in [0.3, 0.4) is 0 Å². The van der Waals surface area contributed by atoms with E-state index in [1.54, 1.807) is 7.11 Å². The fourth-order valence-corrected chi connectivity index (χ4v) is 5.29. The van der Waals surface area contributed by atoms with Crippen molar-refractivity contribution in [3.8, 4) is 11.4 Å². The highest BCUT2D eigenvalue weighted by molar-refractivity contribution is 5.63. The Morgan fingerprint density at radius 1 is 1.00 bits per heavy atom. The third kappa shape index (κ3) is 3.72. The molecule has 1 aromatic heterocycles. The number of likely N-dealkylation sites (tertiary alicyclic amines) is 1. The van der Waals surface area contributed by atoms with E-state index in [0.717, 1.165) is 76.2 Å². The highest BCUT2D eigenvalue weighted by Gasteiger charge is 2.44. The monoisotopic (exact) mass is 408 g/mol. The van der Waals surface area contributed by atoms with Crippen LogP contribution in [0, 0.1) is 0 Å². The first-order valence-electron chi connectivity index (χ1n) is 11.3. The Hall–Kier alpha value is -2.02. The molecule has 0 saturated carbocycles. The zero-order chi connectivity index (χ0) is 20.4. The first-order valence-corrected chi connectivity index (χ1v) is 11.3. The van der Waals surface area contributed by atoms with Gasteiger partial charge in [0.2, 0.25) is 0 Å². The minimum atomic E-state index is 0.201. The molecule has 5 rings (SSSR count). The van der Waals surface area contributed by atoms with Crippen molar-refractivity contribution < 1.29 is 9.47 Å². The van der Waals surface area contributed by atoms with Crippen molar-refractivity contribution in [3.05, 3.63) is 41.6 Å². The minimum Gasteiger partial charge on any atom is -0.383 e. The molecule has 2 fully saturated rings. The number of benzene rings is 1. The summed E-state index contributed by atoms with van der Waals surface area (Å²) >= 11 is 0. The molecule has 1 aromatic carbocycles. The molecule has 0 unspecified atom stereocenters. The van der Waals surface area contributed by atoms with Crippen molar-refractivity contribution in [3.63, 3.8) is 0 Å². The van der Waals surface area contributed by atoms with E-state index >= 15 is 0 Å². The second-order valence-electron chi connectivity index (χ2n) is 8.78. The van der Waals surface area contributed by atoms with Crippen molar-refractivity contribution in [2.24, 2.45) is 0 Å². The van der Waals surface area contributed by atoms with Crippen LogP contribution >= 0.6 is 0 Å². The molecule has 2 saturated heterocycles. The number of hydrogen-bond donors (Lipinski definition) is 0. The summed E-state index contributed by atoms with van der Waals surface area (Å²) in [6.07, 6.45) is 4.65. The van der Waals surface area contributed by atoms with Gasteiger partial charge in [-0.05, 0) is 38.8 Å². The van der Waals surface area contributed by atoms with E-state index in [-0.39, 0.29) is 5.41 Å². The van der Waals surface area contributed by atoms with Crippen LogP contribution in [0.15, 0.2) is 30.3 Å². The predicted octanol–water partition coefficient (Wildman–Crippen LogP) is 2.91. The van der Waals surface area contributed by atoms with Crippen molar-refractivity contribution in [1.82, 2.24) is 14.9 Å². The molecule has 6 nitrogen and oxygen atoms in total. The Morgan fingerprint density at radius 2 is 1.77 bits per heavy atom. The average molecular weight is 409 g/mol. The zero-order valence-electron chi connectivity index (χ0n) is 18.0. The van der Waals surface area contributed by atoms with Gasteiger partial charge in [-0.15, -0.1) is 0 Å². The molecule has 6 heteroatoms. The van der Waals surface area contributed by atoms with Crippen molar-refractivity contribution in [1.29, 1.82) is 0 Å². The maximum atomic E-state index is 5.61. The SMILES string of the molecule is COCCN1CCC2(CCc3c(N4CCOCC4)nc(-c4ccccc4)nc32)CC1. The molecule has 3 heterocycles. The Bertz CT molecular complexity index is 859. The molecule has 0 amide bonds. The quantitative estimate of drug-likeness (QED) is 0.758. The van der Waals surface area contributed by atoms with Crippen molar-refractivity contribution in [2.75, 3.05) is 64.6 Å². The van der Waals surface area contributed by atoms with E-state index in [1.807, 2.05) is 0 Å². The van der Waals surface area contributed by atoms with Gasteiger partial charge in [-0.1, -0.05) is 30.3 Å². The van der Waals surface area contributed by atoms with Gasteiger partial charge >= 0.3 is 0 Å². The normalized spacial score (nSPS) is 21.2. The minimum absolute atomic E-state index is 0.201. The lowest BCUT2D eigenvalue weighted by atomic mass is 9.76. The molecular formula is C24H32N4O2. The molecule has 30 heavy (non-hydrogen) atoms. The molecule has 160 valence electrons. The lowest BCUT2D eigenvalue weighted by Crippen LogP contribution is -2.43. The van der Waals surface area contributed by atoms with Gasteiger partial charge in [-0.3, -0.25) is 0 Å². The third-order valence-electron chi connectivity index (χ3n) is 7.11. The molecule has 1 spiro atoms. The van der Waals surface area contributed by atoms with E-state index < -0.39 is 0 Å². The zero-order valence-corrected chi connectivity index (χ0v) is 18.0. The van der Waals surface area contributed by atoms with E-state index in [0.29, 0.717) is 0 Å². The first-order chi connectivity index (χ1) is 14.8. The van der Waals surface area contributed by atoms with Gasteiger partial charge in [0.05, 0.1) is 25.5 Å². The number of aromatic nitrogens is 2. The lowest BCUT2D eigenvalue weighted by Gasteiger charge is -2.39. The number of piperidine rings is 1. The van der Waals surface area contributed by atoms with Crippen LogP contribution in [0.2, 0.25) is 0 Å². The van der Waals surface area contributed by atoms with Crippen LogP contribution in [0.5, 0.6) is 0 Å². The topological polar surface area (TPSA) is 50.7 Å². The van der Waals surface area contributed by atoms with Crippen molar-refractivity contribution in [2.45, 2.75) is 31.1 Å². The van der Waals surface area contributed by atoms with Crippen LogP contribution in [0.25, 0.3) is 11.4 Å². The van der Waals surface area contributed by atoms with E-state index in [1.165, 1.54) is 30.5 Å². The molecule has 3 aliphatic rings. The summed E-state index contributed by atoms with van der Waals surface area (Å²) in [6, 6.07) is 10.4. The van der Waals surface area contributed by atoms with Gasteiger partial charge in [0.1, 0.15) is 5.82 Å². The Balaban J connectivity index is 1.51. The van der Waals surface area contributed by atoms with Crippen LogP contribution in [0.4, 0.5) is 5.82 Å². The summed E-state index contributed by atoms with van der Waals surface area (Å²) in [6.45, 7) is 7.46. The number of nitrogens with zero attached hydrogens (tertiary/aromatic N) is 4. The van der Waals surface area contributed by atoms with Crippen LogP contribution in [-0.2, 0) is 21.3 Å². The van der Waals surface area contributed by atoms with Crippen LogP contribution < -0.4 is 4.90 Å². The Morgan fingerprint density at radius 3 is 2.50 bits per heavy atom. The molecule has 0 bridgehead atoms. The second-order valence-corrected chi connectivity index (χ2v) is 8.78. The third-order valence-corrected chi connectivity index (χ3v) is 7.11. The fourth-order valence-electron chi connectivity index (χ4n) is 5.29. The standard InChI is InChI=1S/C24H32N4O2/c1-29-16-13-27-11-9-24(10-12-27)8-7-20-21(24)25-22(19-5-3-2-4-6-19)26-23(20)28-14-17-30-18-15-28/h2-6H,7-18H2,1H3. The molecule has 2 aliphatic heterocycles. The van der Waals surface area contributed by atoms with Gasteiger partial charge in [-0.25, -0.2) is 9.97 Å². The van der Waals surface area contributed by atoms with Gasteiger partial charge in [0.25, 0.3) is 0 Å². The predicted molar refractivity (Wildman–Crippen MR) is 118 cm³/mol. The van der Waals surface area contributed by atoms with Gasteiger partial charge in [0, 0.05) is 43.3 Å². The number of morpholine rings is 1. The number of anilines is 1. The first kappa shape index (κ1) is 19.9. The Kier molecular flexibility index (Phi) is 5.72. The molecular weight excluding hydrogens is 376 g/mol. The molecule has 2 aromatic rings. The largest absolute Gasteiger partial charge is 0.383 e. The Labute approximate surface area is 179 Å². The smallest absolute Gasteiger partial charge is 0.161 e. The number of ether oxygens (including phenoxy) is 2. The van der Waals surface area contributed by atoms with Gasteiger partial charge in [-0.2, -0.15) is 0 Å². The summed E-state index contributed by atoms with van der Waals surface area (Å²) in [5.74, 6) is 2.03. The van der Waals surface area contributed by atoms with E-state index in [9.17, 15) is 0 Å². The summed E-state index contributed by atoms with van der Waals surface area (Å²) in [7, 11) is 1.79. The maximum absolute atomic E-state index is 5.61. The molecule has 1 aliphatic carbocycles. The lowest BCUT2D eigenvalue weighted by molar-refractivity contribution is 0.108. The van der Waals surface area contributed by atoms with Crippen LogP contribution in [-0.4, -0.2) is 74.5 Å². The number of hydrogen-bond acceptors (Lipinski definition) is 6. The van der Waals surface area contributed by atoms with Crippen LogP contribution in [0.1, 0.15) is 30.5 Å². The van der Waals surface area contributed by atoms with Gasteiger partial charge < -0.3 is 19.3 Å².